The van der Waals surface area contributed by atoms with Gasteiger partial charge in [-0.3, -0.25) is 4.79 Å². The van der Waals surface area contributed by atoms with E-state index < -0.39 is 12.1 Å². The summed E-state index contributed by atoms with van der Waals surface area (Å²) in [7, 11) is 0. The Morgan fingerprint density at radius 2 is 1.52 bits per heavy atom. The van der Waals surface area contributed by atoms with Crippen LogP contribution in [0, 0.1) is 0 Å². The Labute approximate surface area is 173 Å². The summed E-state index contributed by atoms with van der Waals surface area (Å²) in [6.07, 6.45) is 0.707. The lowest BCUT2D eigenvalue weighted by atomic mass is 9.98. The molecule has 0 aliphatic heterocycles. The average molecular weight is 398 g/mol. The van der Waals surface area contributed by atoms with Gasteiger partial charge in [-0.2, -0.15) is 0 Å². The fraction of sp³-hybridized carbons (Fsp3) is 0.417. The molecule has 0 radical (unpaired) electrons. The van der Waals surface area contributed by atoms with Crippen LogP contribution >= 0.6 is 0 Å². The van der Waals surface area contributed by atoms with E-state index in [9.17, 15) is 14.7 Å². The number of esters is 1. The van der Waals surface area contributed by atoms with Crippen molar-refractivity contribution in [2.75, 3.05) is 19.7 Å². The number of aliphatic hydroxyl groups excluding tert-OH is 1. The Bertz CT molecular complexity index is 786. The van der Waals surface area contributed by atoms with E-state index in [4.69, 9.17) is 4.74 Å². The second kappa shape index (κ2) is 11.5. The zero-order valence-electron chi connectivity index (χ0n) is 17.5. The smallest absolute Gasteiger partial charge is 0.338 e. The van der Waals surface area contributed by atoms with Gasteiger partial charge < -0.3 is 14.7 Å². The van der Waals surface area contributed by atoms with Crippen LogP contribution in [-0.4, -0.2) is 53.6 Å². The highest BCUT2D eigenvalue weighted by atomic mass is 16.5. The second-order valence-electron chi connectivity index (χ2n) is 7.01. The van der Waals surface area contributed by atoms with Gasteiger partial charge in [-0.05, 0) is 32.0 Å². The summed E-state index contributed by atoms with van der Waals surface area (Å²) in [5.41, 5.74) is 1.02. The Balaban J connectivity index is 2.03. The minimum Gasteiger partial charge on any atom is -0.459 e. The molecule has 2 rings (SSSR count). The number of ether oxygens (including phenoxy) is 1. The molecule has 0 fully saturated rings. The van der Waals surface area contributed by atoms with Crippen molar-refractivity contribution in [3.63, 3.8) is 0 Å². The molecule has 0 spiro atoms. The number of nitrogens with zero attached hydrogens (tertiary/aromatic N) is 1. The summed E-state index contributed by atoms with van der Waals surface area (Å²) in [5.74, 6) is -0.828. The lowest BCUT2D eigenvalue weighted by Gasteiger charge is -2.30. The Hall–Kier alpha value is -2.50. The number of aliphatic hydroxyl groups is 1. The van der Waals surface area contributed by atoms with E-state index in [-0.39, 0.29) is 24.0 Å². The van der Waals surface area contributed by atoms with Gasteiger partial charge in [-0.15, -0.1) is 0 Å². The predicted molar refractivity (Wildman–Crippen MR) is 114 cm³/mol. The molecule has 0 bridgehead atoms. The van der Waals surface area contributed by atoms with Crippen LogP contribution in [0.3, 0.4) is 0 Å². The van der Waals surface area contributed by atoms with Crippen molar-refractivity contribution in [2.24, 2.45) is 0 Å². The van der Waals surface area contributed by atoms with Gasteiger partial charge in [0.15, 0.2) is 5.78 Å². The van der Waals surface area contributed by atoms with Crippen LogP contribution in [0.2, 0.25) is 0 Å². The zero-order valence-corrected chi connectivity index (χ0v) is 17.5. The fourth-order valence-electron chi connectivity index (χ4n) is 3.55. The summed E-state index contributed by atoms with van der Waals surface area (Å²) in [6, 6.07) is 15.7. The maximum absolute atomic E-state index is 12.8. The second-order valence-corrected chi connectivity index (χ2v) is 7.01. The number of benzene rings is 2. The summed E-state index contributed by atoms with van der Waals surface area (Å²) < 4.78 is 5.35. The van der Waals surface area contributed by atoms with Crippen LogP contribution in [0.25, 0.3) is 0 Å². The van der Waals surface area contributed by atoms with Gasteiger partial charge in [0.2, 0.25) is 0 Å². The molecule has 0 aliphatic carbocycles. The minimum absolute atomic E-state index is 0.0928. The molecule has 0 amide bonds. The van der Waals surface area contributed by atoms with Gasteiger partial charge in [0, 0.05) is 17.2 Å². The third-order valence-electron chi connectivity index (χ3n) is 5.18. The highest BCUT2D eigenvalue weighted by Crippen LogP contribution is 2.17. The summed E-state index contributed by atoms with van der Waals surface area (Å²) >= 11 is 0. The van der Waals surface area contributed by atoms with Crippen LogP contribution in [-0.2, 0) is 4.74 Å². The molecule has 156 valence electrons. The summed E-state index contributed by atoms with van der Waals surface area (Å²) in [6.45, 7) is 8.02. The third-order valence-corrected chi connectivity index (χ3v) is 5.18. The third kappa shape index (κ3) is 6.24. The van der Waals surface area contributed by atoms with Crippen molar-refractivity contribution in [2.45, 2.75) is 45.8 Å². The van der Waals surface area contributed by atoms with Gasteiger partial charge in [0.05, 0.1) is 11.7 Å². The largest absolute Gasteiger partial charge is 0.459 e. The first-order valence-electron chi connectivity index (χ1n) is 10.3. The molecule has 1 N–H and O–H groups in total. The number of ketones is 1. The van der Waals surface area contributed by atoms with Gasteiger partial charge in [0.1, 0.15) is 6.61 Å². The van der Waals surface area contributed by atoms with Crippen molar-refractivity contribution < 1.29 is 19.4 Å². The fourth-order valence-corrected chi connectivity index (χ4v) is 3.55. The molecule has 0 saturated heterocycles. The Morgan fingerprint density at radius 3 is 2.10 bits per heavy atom. The Kier molecular flexibility index (Phi) is 9.03. The van der Waals surface area contributed by atoms with E-state index in [1.807, 2.05) is 6.07 Å². The molecule has 29 heavy (non-hydrogen) atoms. The van der Waals surface area contributed by atoms with Crippen molar-refractivity contribution >= 4 is 11.8 Å². The molecule has 2 aromatic rings. The predicted octanol–water partition coefficient (Wildman–Crippen LogP) is 3.95. The molecule has 2 atom stereocenters. The maximum Gasteiger partial charge on any atom is 0.338 e. The SMILES string of the molecule is CCC(CC(O)COC(=O)c1ccccc1C(=O)c1ccccc1)N(CC)CC. The van der Waals surface area contributed by atoms with E-state index in [1.54, 1.807) is 48.5 Å². The minimum atomic E-state index is -0.749. The molecule has 0 aromatic heterocycles. The van der Waals surface area contributed by atoms with Crippen molar-refractivity contribution in [1.29, 1.82) is 0 Å². The molecule has 2 aromatic carbocycles. The van der Waals surface area contributed by atoms with Crippen LogP contribution < -0.4 is 0 Å². The van der Waals surface area contributed by atoms with E-state index in [1.165, 1.54) is 0 Å². The molecule has 0 saturated carbocycles. The summed E-state index contributed by atoms with van der Waals surface area (Å²) in [5, 5.41) is 10.4. The lowest BCUT2D eigenvalue weighted by molar-refractivity contribution is 0.0150. The first-order chi connectivity index (χ1) is 14.0. The van der Waals surface area contributed by atoms with E-state index in [0.29, 0.717) is 17.5 Å². The van der Waals surface area contributed by atoms with Crippen molar-refractivity contribution in [1.82, 2.24) is 4.90 Å². The lowest BCUT2D eigenvalue weighted by Crippen LogP contribution is -2.38. The van der Waals surface area contributed by atoms with Crippen LogP contribution in [0.4, 0.5) is 0 Å². The number of rotatable bonds is 11. The number of hydrogen-bond donors (Lipinski definition) is 1. The first kappa shape index (κ1) is 22.8. The number of hydrogen-bond acceptors (Lipinski definition) is 5. The van der Waals surface area contributed by atoms with E-state index >= 15 is 0 Å². The first-order valence-corrected chi connectivity index (χ1v) is 10.3. The highest BCUT2D eigenvalue weighted by molar-refractivity contribution is 6.14. The van der Waals surface area contributed by atoms with Gasteiger partial charge >= 0.3 is 5.97 Å². The van der Waals surface area contributed by atoms with E-state index in [2.05, 4.69) is 25.7 Å². The molecule has 5 nitrogen and oxygen atoms in total. The normalized spacial score (nSPS) is 13.1. The van der Waals surface area contributed by atoms with Gasteiger partial charge in [-0.1, -0.05) is 69.3 Å². The maximum atomic E-state index is 12.8. The molecule has 5 heteroatoms. The van der Waals surface area contributed by atoms with Crippen molar-refractivity contribution in [3.05, 3.63) is 71.3 Å². The van der Waals surface area contributed by atoms with Crippen LogP contribution in [0.1, 0.15) is 59.9 Å². The standard InChI is InChI=1S/C24H31NO4/c1-4-19(25(5-2)6-3)16-20(26)17-29-24(28)22-15-11-10-14-21(22)23(27)18-12-8-7-9-13-18/h7-15,19-20,26H,4-6,16-17H2,1-3H3. The topological polar surface area (TPSA) is 66.8 Å². The quantitative estimate of drug-likeness (QED) is 0.459. The Morgan fingerprint density at radius 1 is 0.931 bits per heavy atom. The monoisotopic (exact) mass is 397 g/mol. The number of carbonyl (C=O) groups is 2. The summed E-state index contributed by atoms with van der Waals surface area (Å²) in [4.78, 5) is 27.7. The number of carbonyl (C=O) groups excluding carboxylic acids is 2. The van der Waals surface area contributed by atoms with Gasteiger partial charge in [-0.25, -0.2) is 4.79 Å². The van der Waals surface area contributed by atoms with Gasteiger partial charge in [0.25, 0.3) is 0 Å². The molecule has 0 heterocycles. The molecule has 2 unspecified atom stereocenters. The highest BCUT2D eigenvalue weighted by Gasteiger charge is 2.22. The van der Waals surface area contributed by atoms with Crippen LogP contribution in [0.5, 0.6) is 0 Å². The zero-order chi connectivity index (χ0) is 21.2. The average Bonchev–Trinajstić information content (AvgIpc) is 2.77. The van der Waals surface area contributed by atoms with Crippen molar-refractivity contribution in [3.8, 4) is 0 Å². The van der Waals surface area contributed by atoms with E-state index in [0.717, 1.165) is 19.5 Å². The molecular formula is C24H31NO4. The van der Waals surface area contributed by atoms with Crippen LogP contribution in [0.15, 0.2) is 54.6 Å². The molecule has 0 aliphatic rings. The molecular weight excluding hydrogens is 366 g/mol.